The number of rotatable bonds is 5. The van der Waals surface area contributed by atoms with Gasteiger partial charge in [-0.1, -0.05) is 41.6 Å². The number of nitrogens with zero attached hydrogens (tertiary/aromatic N) is 3. The summed E-state index contributed by atoms with van der Waals surface area (Å²) < 4.78 is 16.1. The number of allylic oxidation sites excluding steroid dienone is 2. The topological polar surface area (TPSA) is 72.7 Å². The van der Waals surface area contributed by atoms with Crippen molar-refractivity contribution >= 4 is 34.5 Å². The van der Waals surface area contributed by atoms with Crippen molar-refractivity contribution in [3.05, 3.63) is 67.6 Å². The quantitative estimate of drug-likeness (QED) is 0.675. The van der Waals surface area contributed by atoms with Crippen LogP contribution in [0.5, 0.6) is 0 Å². The first-order chi connectivity index (χ1) is 12.4. The second-order valence-electron chi connectivity index (χ2n) is 5.70. The fourth-order valence-electron chi connectivity index (χ4n) is 2.44. The number of aromatic nitrogens is 4. The smallest absolute Gasteiger partial charge is 0.309 e. The first kappa shape index (κ1) is 18.5. The normalized spacial score (nSPS) is 12.1. The molecule has 9 heteroatoms. The lowest BCUT2D eigenvalue weighted by molar-refractivity contribution is 0.627. The number of nitrogens with one attached hydrogen (secondary N) is 1. The molecule has 0 aliphatic rings. The van der Waals surface area contributed by atoms with E-state index < -0.39 is 11.2 Å². The maximum Gasteiger partial charge on any atom is 0.329 e. The Bertz CT molecular complexity index is 1090. The number of imidazole rings is 1. The highest BCUT2D eigenvalue weighted by Crippen LogP contribution is 2.25. The maximum atomic E-state index is 13.0. The molecule has 1 N–H and O–H groups in total. The Hall–Kier alpha value is -2.32. The van der Waals surface area contributed by atoms with Crippen molar-refractivity contribution in [1.29, 1.82) is 0 Å². The molecule has 0 aliphatic carbocycles. The molecule has 0 atom stereocenters. The van der Waals surface area contributed by atoms with Gasteiger partial charge >= 0.3 is 5.69 Å². The molecule has 0 saturated carbocycles. The second-order valence-corrected chi connectivity index (χ2v) is 7.24. The van der Waals surface area contributed by atoms with Crippen LogP contribution in [0.3, 0.4) is 0 Å². The van der Waals surface area contributed by atoms with Crippen molar-refractivity contribution < 1.29 is 4.39 Å². The van der Waals surface area contributed by atoms with Crippen LogP contribution in [-0.2, 0) is 19.3 Å². The average Bonchev–Trinajstić information content (AvgIpc) is 2.96. The number of thioether (sulfide) groups is 1. The molecule has 0 saturated heterocycles. The van der Waals surface area contributed by atoms with E-state index in [1.54, 1.807) is 36.7 Å². The largest absolute Gasteiger partial charge is 0.329 e. The van der Waals surface area contributed by atoms with Gasteiger partial charge in [0.05, 0.1) is 0 Å². The Kier molecular flexibility index (Phi) is 5.33. The number of benzene rings is 1. The molecule has 0 fully saturated rings. The fourth-order valence-corrected chi connectivity index (χ4v) is 3.47. The van der Waals surface area contributed by atoms with Crippen molar-refractivity contribution in [3.8, 4) is 0 Å². The van der Waals surface area contributed by atoms with Crippen LogP contribution in [-0.4, -0.2) is 19.1 Å². The molecule has 0 bridgehead atoms. The van der Waals surface area contributed by atoms with E-state index in [2.05, 4.69) is 9.97 Å². The molecule has 136 valence electrons. The van der Waals surface area contributed by atoms with Crippen LogP contribution >= 0.6 is 23.4 Å². The molecule has 6 nitrogen and oxygen atoms in total. The minimum atomic E-state index is -0.522. The molecule has 26 heavy (non-hydrogen) atoms. The number of hydrogen-bond donors (Lipinski definition) is 1. The van der Waals surface area contributed by atoms with Crippen molar-refractivity contribution in [2.24, 2.45) is 7.05 Å². The number of hydrogen-bond acceptors (Lipinski definition) is 4. The third-order valence-electron chi connectivity index (χ3n) is 3.81. The van der Waals surface area contributed by atoms with E-state index in [9.17, 15) is 14.0 Å². The summed E-state index contributed by atoms with van der Waals surface area (Å²) in [5, 5.41) is 1.16. The molecule has 2 heterocycles. The lowest BCUT2D eigenvalue weighted by Crippen LogP contribution is -2.29. The third kappa shape index (κ3) is 3.76. The van der Waals surface area contributed by atoms with Gasteiger partial charge in [0.25, 0.3) is 5.56 Å². The SMILES string of the molecule is CC(Cl)=CCn1c(SCc2ccc(F)cc2)nc2c1c(=O)[nH]c(=O)n2C. The lowest BCUT2D eigenvalue weighted by atomic mass is 10.2. The summed E-state index contributed by atoms with van der Waals surface area (Å²) in [6, 6.07) is 6.18. The highest BCUT2D eigenvalue weighted by molar-refractivity contribution is 7.98. The molecule has 0 radical (unpaired) electrons. The molecule has 0 unspecified atom stereocenters. The number of aromatic amines is 1. The second kappa shape index (κ2) is 7.51. The molecular weight excluding hydrogens is 379 g/mol. The summed E-state index contributed by atoms with van der Waals surface area (Å²) in [5.41, 5.74) is 0.516. The van der Waals surface area contributed by atoms with E-state index in [1.165, 1.54) is 28.5 Å². The Morgan fingerprint density at radius 3 is 2.69 bits per heavy atom. The van der Waals surface area contributed by atoms with Crippen LogP contribution in [0.25, 0.3) is 11.2 Å². The van der Waals surface area contributed by atoms with E-state index >= 15 is 0 Å². The van der Waals surface area contributed by atoms with E-state index in [0.717, 1.165) is 5.56 Å². The number of fused-ring (bicyclic) bond motifs is 1. The fraction of sp³-hybridized carbons (Fsp3) is 0.235. The zero-order valence-corrected chi connectivity index (χ0v) is 15.7. The third-order valence-corrected chi connectivity index (χ3v) is 5.01. The Labute approximate surface area is 157 Å². The number of aryl methyl sites for hydroxylation is 1. The summed E-state index contributed by atoms with van der Waals surface area (Å²) in [4.78, 5) is 30.9. The molecule has 0 spiro atoms. The summed E-state index contributed by atoms with van der Waals surface area (Å²) in [6.45, 7) is 2.09. The molecule has 2 aromatic heterocycles. The molecule has 1 aromatic carbocycles. The van der Waals surface area contributed by atoms with Gasteiger partial charge in [-0.05, 0) is 24.6 Å². The van der Waals surface area contributed by atoms with Crippen LogP contribution in [0, 0.1) is 5.82 Å². The average molecular weight is 395 g/mol. The Morgan fingerprint density at radius 2 is 2.04 bits per heavy atom. The van der Waals surface area contributed by atoms with Gasteiger partial charge in [0.15, 0.2) is 16.3 Å². The lowest BCUT2D eigenvalue weighted by Gasteiger charge is -2.06. The van der Waals surface area contributed by atoms with Crippen LogP contribution < -0.4 is 11.2 Å². The summed E-state index contributed by atoms with van der Waals surface area (Å²) in [6.07, 6.45) is 1.76. The molecule has 3 aromatic rings. The minimum Gasteiger partial charge on any atom is -0.309 e. The van der Waals surface area contributed by atoms with E-state index in [1.807, 2.05) is 0 Å². The summed E-state index contributed by atoms with van der Waals surface area (Å²) in [5.74, 6) is 0.245. The molecular formula is C17H16ClFN4O2S. The van der Waals surface area contributed by atoms with Gasteiger partial charge in [-0.25, -0.2) is 14.2 Å². The zero-order valence-electron chi connectivity index (χ0n) is 14.1. The van der Waals surface area contributed by atoms with Gasteiger partial charge in [-0.3, -0.25) is 14.3 Å². The zero-order chi connectivity index (χ0) is 18.8. The van der Waals surface area contributed by atoms with Crippen molar-refractivity contribution in [2.75, 3.05) is 0 Å². The number of halogens is 2. The monoisotopic (exact) mass is 394 g/mol. The first-order valence-corrected chi connectivity index (χ1v) is 9.12. The molecule has 0 amide bonds. The van der Waals surface area contributed by atoms with Crippen molar-refractivity contribution in [1.82, 2.24) is 19.1 Å². The van der Waals surface area contributed by atoms with Gasteiger partial charge in [0, 0.05) is 24.4 Å². The van der Waals surface area contributed by atoms with E-state index in [0.29, 0.717) is 33.7 Å². The Morgan fingerprint density at radius 1 is 1.35 bits per heavy atom. The Balaban J connectivity index is 2.06. The summed E-state index contributed by atoms with van der Waals surface area (Å²) >= 11 is 7.32. The van der Waals surface area contributed by atoms with E-state index in [-0.39, 0.29) is 5.82 Å². The predicted molar refractivity (Wildman–Crippen MR) is 101 cm³/mol. The van der Waals surface area contributed by atoms with Crippen molar-refractivity contribution in [3.63, 3.8) is 0 Å². The van der Waals surface area contributed by atoms with Gasteiger partial charge < -0.3 is 4.57 Å². The first-order valence-electron chi connectivity index (χ1n) is 7.76. The van der Waals surface area contributed by atoms with Crippen molar-refractivity contribution in [2.45, 2.75) is 24.4 Å². The maximum absolute atomic E-state index is 13.0. The van der Waals surface area contributed by atoms with Crippen LogP contribution in [0.1, 0.15) is 12.5 Å². The minimum absolute atomic E-state index is 0.296. The van der Waals surface area contributed by atoms with Gasteiger partial charge in [0.2, 0.25) is 0 Å². The van der Waals surface area contributed by atoms with Crippen LogP contribution in [0.2, 0.25) is 0 Å². The predicted octanol–water partition coefficient (Wildman–Crippen LogP) is 3.00. The number of H-pyrrole nitrogens is 1. The highest BCUT2D eigenvalue weighted by Gasteiger charge is 2.17. The highest BCUT2D eigenvalue weighted by atomic mass is 35.5. The van der Waals surface area contributed by atoms with Crippen LogP contribution in [0.15, 0.2) is 50.1 Å². The van der Waals surface area contributed by atoms with Gasteiger partial charge in [0.1, 0.15) is 5.82 Å². The standard InChI is InChI=1S/C17H16ClFN4O2S/c1-10(18)7-8-23-13-14(22(2)16(25)21-15(13)24)20-17(23)26-9-11-3-5-12(19)6-4-11/h3-7H,8-9H2,1-2H3,(H,21,24,25). The molecule has 3 rings (SSSR count). The summed E-state index contributed by atoms with van der Waals surface area (Å²) in [7, 11) is 1.55. The van der Waals surface area contributed by atoms with Crippen LogP contribution in [0.4, 0.5) is 4.39 Å². The molecule has 0 aliphatic heterocycles. The van der Waals surface area contributed by atoms with Gasteiger partial charge in [-0.2, -0.15) is 0 Å². The van der Waals surface area contributed by atoms with E-state index in [4.69, 9.17) is 11.6 Å². The van der Waals surface area contributed by atoms with Gasteiger partial charge in [-0.15, -0.1) is 0 Å².